The van der Waals surface area contributed by atoms with Gasteiger partial charge in [0.25, 0.3) is 0 Å². The van der Waals surface area contributed by atoms with Gasteiger partial charge in [0, 0.05) is 4.47 Å². The third-order valence-electron chi connectivity index (χ3n) is 3.77. The van der Waals surface area contributed by atoms with Gasteiger partial charge in [0.2, 0.25) is 5.78 Å². The van der Waals surface area contributed by atoms with Crippen LogP contribution in [0.25, 0.3) is 6.08 Å². The van der Waals surface area contributed by atoms with E-state index in [1.54, 1.807) is 18.2 Å². The number of ether oxygens (including phenoxy) is 2. The van der Waals surface area contributed by atoms with Gasteiger partial charge in [0.15, 0.2) is 5.76 Å². The van der Waals surface area contributed by atoms with Gasteiger partial charge in [-0.05, 0) is 54.3 Å². The van der Waals surface area contributed by atoms with Gasteiger partial charge in [-0.25, -0.2) is 0 Å². The van der Waals surface area contributed by atoms with Crippen molar-refractivity contribution in [1.29, 1.82) is 0 Å². The van der Waals surface area contributed by atoms with E-state index in [2.05, 4.69) is 29.8 Å². The SMILES string of the molecule is CC(C)CCOc1ccc(/C=C2\Oc3ccc(Br)cc3C2=O)cc1. The van der Waals surface area contributed by atoms with Gasteiger partial charge in [0.1, 0.15) is 11.5 Å². The predicted octanol–water partition coefficient (Wildman–Crippen LogP) is 5.49. The van der Waals surface area contributed by atoms with Crippen LogP contribution in [0.3, 0.4) is 0 Å². The number of rotatable bonds is 5. The number of halogens is 1. The van der Waals surface area contributed by atoms with E-state index in [1.165, 1.54) is 0 Å². The van der Waals surface area contributed by atoms with E-state index in [1.807, 2.05) is 30.3 Å². The number of fused-ring (bicyclic) bond motifs is 1. The molecule has 4 heteroatoms. The monoisotopic (exact) mass is 386 g/mol. The van der Waals surface area contributed by atoms with Crippen molar-refractivity contribution in [2.75, 3.05) is 6.61 Å². The fourth-order valence-corrected chi connectivity index (χ4v) is 2.75. The molecular formula is C20H19BrO3. The molecule has 124 valence electrons. The highest BCUT2D eigenvalue weighted by molar-refractivity contribution is 9.10. The summed E-state index contributed by atoms with van der Waals surface area (Å²) in [5, 5.41) is 0. The number of Topliss-reactive ketones (excluding diaryl/α,β-unsaturated/α-hetero) is 1. The second kappa shape index (κ2) is 7.22. The molecule has 0 aromatic heterocycles. The summed E-state index contributed by atoms with van der Waals surface area (Å²) in [6, 6.07) is 13.1. The minimum absolute atomic E-state index is 0.0939. The number of carbonyl (C=O) groups excluding carboxylic acids is 1. The van der Waals surface area contributed by atoms with Crippen LogP contribution in [0.15, 0.2) is 52.7 Å². The zero-order valence-electron chi connectivity index (χ0n) is 13.7. The molecule has 2 aromatic rings. The third-order valence-corrected chi connectivity index (χ3v) is 4.26. The lowest BCUT2D eigenvalue weighted by molar-refractivity contribution is 0.101. The van der Waals surface area contributed by atoms with Crippen molar-refractivity contribution >= 4 is 27.8 Å². The molecule has 0 amide bonds. The van der Waals surface area contributed by atoms with Gasteiger partial charge >= 0.3 is 0 Å². The van der Waals surface area contributed by atoms with Crippen molar-refractivity contribution in [3.8, 4) is 11.5 Å². The zero-order chi connectivity index (χ0) is 17.1. The van der Waals surface area contributed by atoms with E-state index >= 15 is 0 Å². The van der Waals surface area contributed by atoms with Crippen molar-refractivity contribution in [3.05, 3.63) is 63.8 Å². The Labute approximate surface area is 150 Å². The average molecular weight is 387 g/mol. The second-order valence-electron chi connectivity index (χ2n) is 6.18. The minimum Gasteiger partial charge on any atom is -0.494 e. The molecule has 3 rings (SSSR count). The van der Waals surface area contributed by atoms with Gasteiger partial charge in [0.05, 0.1) is 12.2 Å². The van der Waals surface area contributed by atoms with Crippen LogP contribution in [-0.4, -0.2) is 12.4 Å². The summed E-state index contributed by atoms with van der Waals surface area (Å²) in [6.07, 6.45) is 2.79. The maximum Gasteiger partial charge on any atom is 0.232 e. The lowest BCUT2D eigenvalue weighted by atomic mass is 10.1. The number of hydrogen-bond donors (Lipinski definition) is 0. The van der Waals surface area contributed by atoms with E-state index in [-0.39, 0.29) is 5.78 Å². The molecule has 0 saturated heterocycles. The summed E-state index contributed by atoms with van der Waals surface area (Å²) < 4.78 is 12.2. The first-order valence-corrected chi connectivity index (χ1v) is 8.79. The molecule has 0 unspecified atom stereocenters. The molecule has 0 spiro atoms. The topological polar surface area (TPSA) is 35.5 Å². The van der Waals surface area contributed by atoms with Gasteiger partial charge in [-0.3, -0.25) is 4.79 Å². The van der Waals surface area contributed by atoms with Crippen LogP contribution in [0.5, 0.6) is 11.5 Å². The number of benzene rings is 2. The van der Waals surface area contributed by atoms with Crippen molar-refractivity contribution in [2.24, 2.45) is 5.92 Å². The Morgan fingerprint density at radius 1 is 1.17 bits per heavy atom. The van der Waals surface area contributed by atoms with Crippen molar-refractivity contribution in [3.63, 3.8) is 0 Å². The molecule has 0 saturated carbocycles. The maximum atomic E-state index is 12.4. The van der Waals surface area contributed by atoms with Crippen molar-refractivity contribution in [1.82, 2.24) is 0 Å². The molecule has 0 atom stereocenters. The first-order chi connectivity index (χ1) is 11.5. The molecule has 1 aliphatic heterocycles. The van der Waals surface area contributed by atoms with Crippen LogP contribution >= 0.6 is 15.9 Å². The smallest absolute Gasteiger partial charge is 0.232 e. The fraction of sp³-hybridized carbons (Fsp3) is 0.250. The van der Waals surface area contributed by atoms with Crippen molar-refractivity contribution in [2.45, 2.75) is 20.3 Å². The van der Waals surface area contributed by atoms with Crippen LogP contribution in [0.4, 0.5) is 0 Å². The Kier molecular flexibility index (Phi) is 5.05. The fourth-order valence-electron chi connectivity index (χ4n) is 2.39. The molecule has 1 aliphatic rings. The Morgan fingerprint density at radius 3 is 2.62 bits per heavy atom. The van der Waals surface area contributed by atoms with Crippen molar-refractivity contribution < 1.29 is 14.3 Å². The minimum atomic E-state index is -0.0939. The molecule has 3 nitrogen and oxygen atoms in total. The Balaban J connectivity index is 1.70. The van der Waals surface area contributed by atoms with Crippen LogP contribution < -0.4 is 9.47 Å². The van der Waals surface area contributed by atoms with Crippen LogP contribution in [0.1, 0.15) is 36.2 Å². The Bertz CT molecular complexity index is 776. The number of carbonyl (C=O) groups is 1. The van der Waals surface area contributed by atoms with E-state index in [9.17, 15) is 4.79 Å². The molecule has 0 fully saturated rings. The van der Waals surface area contributed by atoms with E-state index in [4.69, 9.17) is 9.47 Å². The highest BCUT2D eigenvalue weighted by Gasteiger charge is 2.27. The number of allylic oxidation sites excluding steroid dienone is 1. The lowest BCUT2D eigenvalue weighted by Gasteiger charge is -2.08. The summed E-state index contributed by atoms with van der Waals surface area (Å²) in [7, 11) is 0. The number of hydrogen-bond acceptors (Lipinski definition) is 3. The molecule has 0 bridgehead atoms. The highest BCUT2D eigenvalue weighted by atomic mass is 79.9. The average Bonchev–Trinajstić information content (AvgIpc) is 2.85. The summed E-state index contributed by atoms with van der Waals surface area (Å²) in [5.74, 6) is 2.31. The van der Waals surface area contributed by atoms with Gasteiger partial charge in [-0.1, -0.05) is 41.9 Å². The molecule has 2 aromatic carbocycles. The summed E-state index contributed by atoms with van der Waals surface area (Å²) >= 11 is 3.38. The van der Waals surface area contributed by atoms with Crippen LogP contribution in [-0.2, 0) is 0 Å². The van der Waals surface area contributed by atoms with Gasteiger partial charge in [-0.15, -0.1) is 0 Å². The second-order valence-corrected chi connectivity index (χ2v) is 7.10. The molecule has 0 N–H and O–H groups in total. The molecule has 1 heterocycles. The first kappa shape index (κ1) is 16.8. The predicted molar refractivity (Wildman–Crippen MR) is 98.5 cm³/mol. The van der Waals surface area contributed by atoms with Crippen LogP contribution in [0.2, 0.25) is 0 Å². The molecular weight excluding hydrogens is 368 g/mol. The quantitative estimate of drug-likeness (QED) is 0.637. The van der Waals surface area contributed by atoms with E-state index < -0.39 is 0 Å². The molecule has 0 aliphatic carbocycles. The van der Waals surface area contributed by atoms with E-state index in [0.29, 0.717) is 29.6 Å². The maximum absolute atomic E-state index is 12.4. The van der Waals surface area contributed by atoms with Crippen LogP contribution in [0, 0.1) is 5.92 Å². The summed E-state index contributed by atoms with van der Waals surface area (Å²) in [4.78, 5) is 12.4. The molecule has 0 radical (unpaired) electrons. The zero-order valence-corrected chi connectivity index (χ0v) is 15.3. The Hall–Kier alpha value is -2.07. The number of ketones is 1. The largest absolute Gasteiger partial charge is 0.494 e. The highest BCUT2D eigenvalue weighted by Crippen LogP contribution is 2.33. The Morgan fingerprint density at radius 2 is 1.92 bits per heavy atom. The van der Waals surface area contributed by atoms with E-state index in [0.717, 1.165) is 22.2 Å². The standard InChI is InChI=1S/C20H19BrO3/c1-13(2)9-10-23-16-6-3-14(4-7-16)11-19-20(22)17-12-15(21)5-8-18(17)24-19/h3-8,11-13H,9-10H2,1-2H3/b19-11-. The lowest BCUT2D eigenvalue weighted by Crippen LogP contribution is -2.01. The summed E-state index contributed by atoms with van der Waals surface area (Å²) in [5.41, 5.74) is 1.49. The summed E-state index contributed by atoms with van der Waals surface area (Å²) in [6.45, 7) is 5.06. The first-order valence-electron chi connectivity index (χ1n) is 7.99. The third kappa shape index (κ3) is 3.88. The normalized spacial score (nSPS) is 14.8. The molecule has 24 heavy (non-hydrogen) atoms. The van der Waals surface area contributed by atoms with Gasteiger partial charge in [-0.2, -0.15) is 0 Å². The van der Waals surface area contributed by atoms with Gasteiger partial charge < -0.3 is 9.47 Å².